The van der Waals surface area contributed by atoms with Crippen LogP contribution in [0.1, 0.15) is 12.5 Å². The van der Waals surface area contributed by atoms with Crippen molar-refractivity contribution in [1.29, 1.82) is 0 Å². The maximum atomic E-state index is 11.1. The van der Waals surface area contributed by atoms with Crippen LogP contribution in [0.25, 0.3) is 0 Å². The molecule has 1 aromatic heterocycles. The van der Waals surface area contributed by atoms with Crippen LogP contribution in [0.15, 0.2) is 18.3 Å². The van der Waals surface area contributed by atoms with Gasteiger partial charge in [-0.2, -0.15) is 0 Å². The molecule has 0 aliphatic heterocycles. The van der Waals surface area contributed by atoms with Crippen LogP contribution < -0.4 is 5.73 Å². The number of nitrogens with two attached hydrogens (primary N) is 1. The molecule has 0 saturated heterocycles. The normalized spacial score (nSPS) is 12.8. The molecule has 1 unspecified atom stereocenters. The SMILES string of the molecule is CCS(=O)Cc1ccnc(N)c1. The van der Waals surface area contributed by atoms with E-state index in [0.717, 1.165) is 5.56 Å². The minimum atomic E-state index is -0.770. The van der Waals surface area contributed by atoms with E-state index in [-0.39, 0.29) is 0 Å². The predicted molar refractivity (Wildman–Crippen MR) is 51.0 cm³/mol. The molecule has 1 rings (SSSR count). The predicted octanol–water partition coefficient (Wildman–Crippen LogP) is 0.932. The molecule has 0 amide bonds. The summed E-state index contributed by atoms with van der Waals surface area (Å²) in [5, 5.41) is 0. The van der Waals surface area contributed by atoms with Gasteiger partial charge in [0.15, 0.2) is 0 Å². The zero-order chi connectivity index (χ0) is 8.97. The van der Waals surface area contributed by atoms with E-state index in [4.69, 9.17) is 5.73 Å². The van der Waals surface area contributed by atoms with Crippen molar-refractivity contribution >= 4 is 16.6 Å². The molecule has 1 heterocycles. The molecule has 0 aliphatic carbocycles. The number of rotatable bonds is 3. The molecule has 66 valence electrons. The van der Waals surface area contributed by atoms with Gasteiger partial charge in [0.1, 0.15) is 5.82 Å². The average Bonchev–Trinajstić information content (AvgIpc) is 2.04. The van der Waals surface area contributed by atoms with Crippen LogP contribution in [0, 0.1) is 0 Å². The Morgan fingerprint density at radius 1 is 1.67 bits per heavy atom. The smallest absolute Gasteiger partial charge is 0.123 e. The molecule has 2 N–H and O–H groups in total. The van der Waals surface area contributed by atoms with Crippen LogP contribution >= 0.6 is 0 Å². The Bertz CT molecular complexity index is 288. The molecule has 1 atom stereocenters. The highest BCUT2D eigenvalue weighted by atomic mass is 32.2. The Balaban J connectivity index is 2.69. The van der Waals surface area contributed by atoms with Crippen molar-refractivity contribution in [1.82, 2.24) is 4.98 Å². The molecule has 0 saturated carbocycles. The van der Waals surface area contributed by atoms with Crippen LogP contribution in [0.5, 0.6) is 0 Å². The van der Waals surface area contributed by atoms with Crippen molar-refractivity contribution in [2.75, 3.05) is 11.5 Å². The first-order valence-corrected chi connectivity index (χ1v) is 5.26. The van der Waals surface area contributed by atoms with Crippen molar-refractivity contribution in [2.24, 2.45) is 0 Å². The summed E-state index contributed by atoms with van der Waals surface area (Å²) in [4.78, 5) is 3.85. The Labute approximate surface area is 74.5 Å². The van der Waals surface area contributed by atoms with Crippen LogP contribution in [-0.2, 0) is 16.6 Å². The Morgan fingerprint density at radius 3 is 3.00 bits per heavy atom. The van der Waals surface area contributed by atoms with E-state index in [9.17, 15) is 4.21 Å². The fraction of sp³-hybridized carbons (Fsp3) is 0.375. The second-order valence-electron chi connectivity index (χ2n) is 2.46. The Kier molecular flexibility index (Phi) is 3.22. The van der Waals surface area contributed by atoms with Gasteiger partial charge in [0, 0.05) is 28.5 Å². The molecule has 12 heavy (non-hydrogen) atoms. The summed E-state index contributed by atoms with van der Waals surface area (Å²) in [6, 6.07) is 3.59. The molecule has 0 aliphatic rings. The van der Waals surface area contributed by atoms with Crippen molar-refractivity contribution in [2.45, 2.75) is 12.7 Å². The van der Waals surface area contributed by atoms with E-state index in [1.165, 1.54) is 0 Å². The van der Waals surface area contributed by atoms with Crippen molar-refractivity contribution in [3.63, 3.8) is 0 Å². The summed E-state index contributed by atoms with van der Waals surface area (Å²) < 4.78 is 11.1. The number of hydrogen-bond acceptors (Lipinski definition) is 3. The number of hydrogen-bond donors (Lipinski definition) is 1. The van der Waals surface area contributed by atoms with Gasteiger partial charge >= 0.3 is 0 Å². The van der Waals surface area contributed by atoms with E-state index in [0.29, 0.717) is 17.3 Å². The fourth-order valence-electron chi connectivity index (χ4n) is 0.872. The quantitative estimate of drug-likeness (QED) is 0.760. The monoisotopic (exact) mass is 184 g/mol. The summed E-state index contributed by atoms with van der Waals surface area (Å²) in [7, 11) is -0.770. The molecule has 0 aromatic carbocycles. The summed E-state index contributed by atoms with van der Waals surface area (Å²) in [6.07, 6.45) is 1.64. The summed E-state index contributed by atoms with van der Waals surface area (Å²) in [5.74, 6) is 1.74. The molecule has 0 spiro atoms. The van der Waals surface area contributed by atoms with Gasteiger partial charge in [-0.05, 0) is 17.7 Å². The van der Waals surface area contributed by atoms with Gasteiger partial charge in [0.05, 0.1) is 0 Å². The van der Waals surface area contributed by atoms with Gasteiger partial charge in [0.2, 0.25) is 0 Å². The third-order valence-corrected chi connectivity index (χ3v) is 2.79. The second-order valence-corrected chi connectivity index (χ2v) is 4.21. The minimum Gasteiger partial charge on any atom is -0.384 e. The maximum Gasteiger partial charge on any atom is 0.123 e. The highest BCUT2D eigenvalue weighted by Crippen LogP contribution is 2.05. The summed E-state index contributed by atoms with van der Waals surface area (Å²) in [5.41, 5.74) is 6.45. The second kappa shape index (κ2) is 4.21. The molecular weight excluding hydrogens is 172 g/mol. The maximum absolute atomic E-state index is 11.1. The van der Waals surface area contributed by atoms with E-state index >= 15 is 0 Å². The van der Waals surface area contributed by atoms with Gasteiger partial charge < -0.3 is 5.73 Å². The molecular formula is C8H12N2OS. The van der Waals surface area contributed by atoms with Crippen LogP contribution in [0.4, 0.5) is 5.82 Å². The van der Waals surface area contributed by atoms with Crippen LogP contribution in [0.3, 0.4) is 0 Å². The number of anilines is 1. The van der Waals surface area contributed by atoms with E-state index in [1.54, 1.807) is 12.3 Å². The molecule has 3 nitrogen and oxygen atoms in total. The van der Waals surface area contributed by atoms with Crippen molar-refractivity contribution in [3.8, 4) is 0 Å². The summed E-state index contributed by atoms with van der Waals surface area (Å²) in [6.45, 7) is 1.90. The molecule has 4 heteroatoms. The van der Waals surface area contributed by atoms with Gasteiger partial charge in [-0.3, -0.25) is 4.21 Å². The lowest BCUT2D eigenvalue weighted by Crippen LogP contribution is -1.99. The number of nitrogen functional groups attached to an aromatic ring is 1. The lowest BCUT2D eigenvalue weighted by molar-refractivity contribution is 0.683. The van der Waals surface area contributed by atoms with E-state index in [2.05, 4.69) is 4.98 Å². The standard InChI is InChI=1S/C8H12N2OS/c1-2-12(11)6-7-3-4-10-8(9)5-7/h3-5H,2,6H2,1H3,(H2,9,10). The average molecular weight is 184 g/mol. The first-order chi connectivity index (χ1) is 5.72. The largest absolute Gasteiger partial charge is 0.384 e. The number of aromatic nitrogens is 1. The van der Waals surface area contributed by atoms with Crippen molar-refractivity contribution < 1.29 is 4.21 Å². The van der Waals surface area contributed by atoms with Gasteiger partial charge in [-0.25, -0.2) is 4.98 Å². The van der Waals surface area contributed by atoms with E-state index < -0.39 is 10.8 Å². The Hall–Kier alpha value is -0.900. The van der Waals surface area contributed by atoms with Gasteiger partial charge in [-0.1, -0.05) is 6.92 Å². The van der Waals surface area contributed by atoms with Crippen LogP contribution in [-0.4, -0.2) is 14.9 Å². The third kappa shape index (κ3) is 2.62. The first kappa shape index (κ1) is 9.19. The molecule has 0 bridgehead atoms. The molecule has 0 fully saturated rings. The zero-order valence-corrected chi connectivity index (χ0v) is 7.80. The van der Waals surface area contributed by atoms with Crippen LogP contribution in [0.2, 0.25) is 0 Å². The number of pyridine rings is 1. The lowest BCUT2D eigenvalue weighted by atomic mass is 10.3. The lowest BCUT2D eigenvalue weighted by Gasteiger charge is -1.99. The summed E-state index contributed by atoms with van der Waals surface area (Å²) >= 11 is 0. The molecule has 1 aromatic rings. The Morgan fingerprint density at radius 2 is 2.42 bits per heavy atom. The molecule has 0 radical (unpaired) electrons. The number of nitrogens with zero attached hydrogens (tertiary/aromatic N) is 1. The highest BCUT2D eigenvalue weighted by molar-refractivity contribution is 7.84. The third-order valence-electron chi connectivity index (χ3n) is 1.50. The van der Waals surface area contributed by atoms with Gasteiger partial charge in [0.25, 0.3) is 0 Å². The van der Waals surface area contributed by atoms with Gasteiger partial charge in [-0.15, -0.1) is 0 Å². The highest BCUT2D eigenvalue weighted by Gasteiger charge is 1.98. The minimum absolute atomic E-state index is 0.487. The topological polar surface area (TPSA) is 56.0 Å². The first-order valence-electron chi connectivity index (χ1n) is 3.77. The zero-order valence-electron chi connectivity index (χ0n) is 6.99. The van der Waals surface area contributed by atoms with Crippen molar-refractivity contribution in [3.05, 3.63) is 23.9 Å². The fourth-order valence-corrected chi connectivity index (χ4v) is 1.63. The van der Waals surface area contributed by atoms with E-state index in [1.807, 2.05) is 13.0 Å².